The van der Waals surface area contributed by atoms with E-state index in [0.29, 0.717) is 24.7 Å². The zero-order chi connectivity index (χ0) is 23.2. The summed E-state index contributed by atoms with van der Waals surface area (Å²) >= 11 is 0. The van der Waals surface area contributed by atoms with E-state index in [0.717, 1.165) is 60.6 Å². The van der Waals surface area contributed by atoms with E-state index in [2.05, 4.69) is 10.2 Å². The first-order valence-corrected chi connectivity index (χ1v) is 12.1. The Morgan fingerprint density at radius 3 is 2.62 bits per heavy atom. The van der Waals surface area contributed by atoms with E-state index in [1.807, 2.05) is 36.4 Å². The van der Waals surface area contributed by atoms with Crippen LogP contribution in [0.25, 0.3) is 11.1 Å². The van der Waals surface area contributed by atoms with Crippen molar-refractivity contribution in [2.45, 2.75) is 31.4 Å². The second-order valence-corrected chi connectivity index (χ2v) is 9.59. The lowest BCUT2D eigenvalue weighted by Gasteiger charge is -2.44. The molecule has 2 aromatic carbocycles. The maximum absolute atomic E-state index is 12.7. The number of rotatable bonds is 3. The number of nitrogens with one attached hydrogen (secondary N) is 1. The third-order valence-electron chi connectivity index (χ3n) is 7.58. The van der Waals surface area contributed by atoms with Crippen molar-refractivity contribution in [3.8, 4) is 22.6 Å². The standard InChI is InChI=1S/C26H29N3O5/c1-28-21-12-17(3-5-22(21)33-15-25(28)30)18-2-4-19-20(8-11-32-23(19)13-18)27-26(31)34-24-14-29-9-6-16(24)7-10-29/h2-5,12-13,16,20,24H,6-11,14-15H2,1H3,(H,27,31)/t20?,24-/m1/s1. The SMILES string of the molecule is CN1C(=O)COc2ccc(-c3ccc4c(c3)OCCC4NC(=O)O[C@@H]3CN4CCC3CC4)cc21. The number of carbonyl (C=O) groups is 2. The van der Waals surface area contributed by atoms with Crippen LogP contribution in [0.4, 0.5) is 10.5 Å². The zero-order valence-corrected chi connectivity index (χ0v) is 19.3. The second kappa shape index (κ2) is 8.51. The molecule has 34 heavy (non-hydrogen) atoms. The molecule has 2 bridgehead atoms. The Labute approximate surface area is 198 Å². The van der Waals surface area contributed by atoms with Gasteiger partial charge in [-0.15, -0.1) is 0 Å². The minimum Gasteiger partial charge on any atom is -0.493 e. The van der Waals surface area contributed by atoms with Crippen LogP contribution in [0, 0.1) is 5.92 Å². The predicted molar refractivity (Wildman–Crippen MR) is 126 cm³/mol. The van der Waals surface area contributed by atoms with Crippen molar-refractivity contribution in [3.63, 3.8) is 0 Å². The van der Waals surface area contributed by atoms with Crippen molar-refractivity contribution < 1.29 is 23.8 Å². The van der Waals surface area contributed by atoms with Crippen LogP contribution in [0.5, 0.6) is 11.5 Å². The monoisotopic (exact) mass is 463 g/mol. The van der Waals surface area contributed by atoms with E-state index in [4.69, 9.17) is 14.2 Å². The number of benzene rings is 2. The van der Waals surface area contributed by atoms with Crippen molar-refractivity contribution >= 4 is 17.7 Å². The molecule has 3 fully saturated rings. The van der Waals surface area contributed by atoms with E-state index >= 15 is 0 Å². The summed E-state index contributed by atoms with van der Waals surface area (Å²) in [5, 5.41) is 3.07. The first-order valence-electron chi connectivity index (χ1n) is 12.1. The summed E-state index contributed by atoms with van der Waals surface area (Å²) in [6.45, 7) is 3.66. The van der Waals surface area contributed by atoms with Gasteiger partial charge < -0.3 is 24.4 Å². The molecule has 2 amide bonds. The Hall–Kier alpha value is -3.26. The largest absolute Gasteiger partial charge is 0.493 e. The number of carbonyl (C=O) groups excluding carboxylic acids is 2. The Kier molecular flexibility index (Phi) is 5.32. The maximum atomic E-state index is 12.7. The van der Waals surface area contributed by atoms with Crippen LogP contribution in [-0.4, -0.2) is 62.9 Å². The Balaban J connectivity index is 1.18. The van der Waals surface area contributed by atoms with Crippen LogP contribution in [0.15, 0.2) is 36.4 Å². The van der Waals surface area contributed by atoms with E-state index in [-0.39, 0.29) is 30.8 Å². The highest BCUT2D eigenvalue weighted by Crippen LogP contribution is 2.39. The smallest absolute Gasteiger partial charge is 0.407 e. The molecule has 3 saturated heterocycles. The van der Waals surface area contributed by atoms with Crippen molar-refractivity contribution in [1.82, 2.24) is 10.2 Å². The number of fused-ring (bicyclic) bond motifs is 5. The summed E-state index contributed by atoms with van der Waals surface area (Å²) in [5.74, 6) is 1.87. The average molecular weight is 464 g/mol. The fourth-order valence-corrected chi connectivity index (χ4v) is 5.53. The highest BCUT2D eigenvalue weighted by Gasteiger charge is 2.37. The summed E-state index contributed by atoms with van der Waals surface area (Å²) < 4.78 is 17.3. The van der Waals surface area contributed by atoms with Gasteiger partial charge in [-0.25, -0.2) is 4.79 Å². The molecule has 0 aliphatic carbocycles. The number of ether oxygens (including phenoxy) is 3. The van der Waals surface area contributed by atoms with Crippen LogP contribution in [0.1, 0.15) is 30.9 Å². The van der Waals surface area contributed by atoms with E-state index in [9.17, 15) is 9.59 Å². The van der Waals surface area contributed by atoms with Crippen molar-refractivity contribution in [3.05, 3.63) is 42.0 Å². The lowest BCUT2D eigenvalue weighted by atomic mass is 9.86. The number of amides is 2. The van der Waals surface area contributed by atoms with Gasteiger partial charge in [0.05, 0.1) is 18.3 Å². The number of likely N-dealkylation sites (N-methyl/N-ethyl adjacent to an activating group) is 1. The first kappa shape index (κ1) is 21.3. The number of nitrogens with zero attached hydrogens (tertiary/aromatic N) is 2. The van der Waals surface area contributed by atoms with E-state index < -0.39 is 0 Å². The Morgan fingerprint density at radius 1 is 1.03 bits per heavy atom. The lowest BCUT2D eigenvalue weighted by molar-refractivity contribution is -0.120. The van der Waals surface area contributed by atoms with Crippen molar-refractivity contribution in [2.75, 3.05) is 44.8 Å². The summed E-state index contributed by atoms with van der Waals surface area (Å²) in [6, 6.07) is 11.7. The molecule has 5 aliphatic heterocycles. The van der Waals surface area contributed by atoms with Gasteiger partial charge in [0.15, 0.2) is 6.61 Å². The van der Waals surface area contributed by atoms with Crippen LogP contribution >= 0.6 is 0 Å². The molecule has 8 nitrogen and oxygen atoms in total. The highest BCUT2D eigenvalue weighted by molar-refractivity contribution is 5.98. The molecular weight excluding hydrogens is 434 g/mol. The highest BCUT2D eigenvalue weighted by atomic mass is 16.6. The second-order valence-electron chi connectivity index (χ2n) is 9.59. The van der Waals surface area contributed by atoms with Crippen molar-refractivity contribution in [1.29, 1.82) is 0 Å². The third-order valence-corrected chi connectivity index (χ3v) is 7.58. The number of alkyl carbamates (subject to hydrolysis) is 1. The molecule has 7 rings (SSSR count). The molecule has 0 saturated carbocycles. The molecule has 0 aromatic heterocycles. The number of hydrogen-bond donors (Lipinski definition) is 1. The first-order chi connectivity index (χ1) is 16.5. The molecule has 2 atom stereocenters. The molecule has 2 aromatic rings. The Bertz CT molecular complexity index is 1130. The van der Waals surface area contributed by atoms with Crippen molar-refractivity contribution in [2.24, 2.45) is 5.92 Å². The Morgan fingerprint density at radius 2 is 1.82 bits per heavy atom. The molecule has 8 heteroatoms. The predicted octanol–water partition coefficient (Wildman–Crippen LogP) is 3.35. The van der Waals surface area contributed by atoms with Crippen LogP contribution < -0.4 is 19.7 Å². The molecular formula is C26H29N3O5. The molecule has 178 valence electrons. The van der Waals surface area contributed by atoms with Crippen LogP contribution in [0.3, 0.4) is 0 Å². The molecule has 0 radical (unpaired) electrons. The minimum atomic E-state index is -0.344. The zero-order valence-electron chi connectivity index (χ0n) is 19.3. The van der Waals surface area contributed by atoms with Gasteiger partial charge >= 0.3 is 6.09 Å². The van der Waals surface area contributed by atoms with Gasteiger partial charge in [0.2, 0.25) is 0 Å². The topological polar surface area (TPSA) is 80.3 Å². The molecule has 1 N–H and O–H groups in total. The summed E-state index contributed by atoms with van der Waals surface area (Å²) in [6.07, 6.45) is 2.56. The summed E-state index contributed by atoms with van der Waals surface area (Å²) in [7, 11) is 1.76. The van der Waals surface area contributed by atoms with E-state index in [1.165, 1.54) is 0 Å². The molecule has 0 spiro atoms. The van der Waals surface area contributed by atoms with Crippen LogP contribution in [-0.2, 0) is 9.53 Å². The molecule has 1 unspecified atom stereocenters. The normalized spacial score (nSPS) is 27.2. The van der Waals surface area contributed by atoms with Gasteiger partial charge in [-0.05, 0) is 61.2 Å². The molecule has 5 heterocycles. The number of piperidine rings is 3. The average Bonchev–Trinajstić information content (AvgIpc) is 2.87. The quantitative estimate of drug-likeness (QED) is 0.752. The van der Waals surface area contributed by atoms with Gasteiger partial charge in [0, 0.05) is 25.6 Å². The lowest BCUT2D eigenvalue weighted by Crippen LogP contribution is -2.52. The van der Waals surface area contributed by atoms with Crippen LogP contribution in [0.2, 0.25) is 0 Å². The van der Waals surface area contributed by atoms with Gasteiger partial charge in [0.25, 0.3) is 5.91 Å². The maximum Gasteiger partial charge on any atom is 0.407 e. The van der Waals surface area contributed by atoms with Gasteiger partial charge in [0.1, 0.15) is 17.6 Å². The minimum absolute atomic E-state index is 0.0119. The van der Waals surface area contributed by atoms with Gasteiger partial charge in [-0.2, -0.15) is 0 Å². The summed E-state index contributed by atoms with van der Waals surface area (Å²) in [5.41, 5.74) is 3.65. The third kappa shape index (κ3) is 3.86. The molecule has 5 aliphatic rings. The summed E-state index contributed by atoms with van der Waals surface area (Å²) in [4.78, 5) is 28.7. The van der Waals surface area contributed by atoms with E-state index in [1.54, 1.807) is 11.9 Å². The van der Waals surface area contributed by atoms with Gasteiger partial charge in [-0.3, -0.25) is 9.69 Å². The fraction of sp³-hybridized carbons (Fsp3) is 0.462. The number of anilines is 1. The van der Waals surface area contributed by atoms with Gasteiger partial charge in [-0.1, -0.05) is 18.2 Å². The fourth-order valence-electron chi connectivity index (χ4n) is 5.53. The number of hydrogen-bond acceptors (Lipinski definition) is 6.